The van der Waals surface area contributed by atoms with Crippen molar-refractivity contribution >= 4 is 39.0 Å². The molecule has 206 valence electrons. The molecule has 0 amide bonds. The van der Waals surface area contributed by atoms with Crippen molar-refractivity contribution in [3.05, 3.63) is 137 Å². The lowest BCUT2D eigenvalue weighted by atomic mass is 9.97. The summed E-state index contributed by atoms with van der Waals surface area (Å²) in [6, 6.07) is 41.0. The summed E-state index contributed by atoms with van der Waals surface area (Å²) in [6.07, 6.45) is 0. The molecule has 7 aromatic rings. The highest BCUT2D eigenvalue weighted by Gasteiger charge is 2.34. The first kappa shape index (κ1) is 24.3. The first-order valence-corrected chi connectivity index (χ1v) is 14.2. The molecule has 1 aromatic heterocycles. The fourth-order valence-corrected chi connectivity index (χ4v) is 6.16. The van der Waals surface area contributed by atoms with Gasteiger partial charge in [0.05, 0.1) is 33.8 Å². The Balaban J connectivity index is 1.15. The van der Waals surface area contributed by atoms with Gasteiger partial charge in [-0.05, 0) is 95.1 Å². The van der Waals surface area contributed by atoms with Gasteiger partial charge in [-0.2, -0.15) is 5.26 Å². The van der Waals surface area contributed by atoms with E-state index >= 15 is 0 Å². The molecule has 44 heavy (non-hydrogen) atoms. The van der Waals surface area contributed by atoms with Crippen molar-refractivity contribution in [3.8, 4) is 51.3 Å². The molecule has 9 rings (SSSR count). The zero-order valence-corrected chi connectivity index (χ0v) is 23.1. The van der Waals surface area contributed by atoms with Gasteiger partial charge in [0.1, 0.15) is 16.9 Å². The molecule has 0 bridgehead atoms. The topological polar surface area (TPSA) is 75.7 Å². The minimum atomic E-state index is -0.156. The molecule has 6 nitrogen and oxygen atoms in total. The van der Waals surface area contributed by atoms with Crippen LogP contribution in [0.1, 0.15) is 5.56 Å². The molecule has 0 atom stereocenters. The van der Waals surface area contributed by atoms with Gasteiger partial charge < -0.3 is 13.9 Å². The standard InChI is InChI=1S/C38H20N2O4/c39-21-22-11-14-31-27(17-22)38(41)28-19-25(12-15-32(28)42-31)23-5-3-6-24(18-23)26-13-16-34-30(20-26)40-29-7-1-2-8-33(29)43-35-9-4-10-36(44-34)37(35)40/h1-20H. The molecule has 0 unspecified atom stereocenters. The third-order valence-electron chi connectivity index (χ3n) is 8.26. The summed E-state index contributed by atoms with van der Waals surface area (Å²) in [6.45, 7) is 0. The second-order valence-electron chi connectivity index (χ2n) is 10.8. The Morgan fingerprint density at radius 2 is 1.16 bits per heavy atom. The highest BCUT2D eigenvalue weighted by atomic mass is 16.5. The SMILES string of the molecule is N#Cc1ccc2oc3ccc(-c4cccc(-c5ccc6c(c5)N5c7ccccc7Oc7cccc(c75)O6)c4)cc3c(=O)c2c1. The molecule has 0 fully saturated rings. The first-order valence-electron chi connectivity index (χ1n) is 14.2. The third kappa shape index (κ3) is 3.57. The highest BCUT2D eigenvalue weighted by Crippen LogP contribution is 2.59. The molecular weight excluding hydrogens is 548 g/mol. The van der Waals surface area contributed by atoms with Gasteiger partial charge in [0.2, 0.25) is 5.43 Å². The van der Waals surface area contributed by atoms with Crippen molar-refractivity contribution in [1.29, 1.82) is 5.26 Å². The molecule has 0 saturated heterocycles. The average Bonchev–Trinajstić information content (AvgIpc) is 3.08. The summed E-state index contributed by atoms with van der Waals surface area (Å²) in [5, 5.41) is 10.2. The van der Waals surface area contributed by atoms with Crippen LogP contribution in [0.2, 0.25) is 0 Å². The van der Waals surface area contributed by atoms with E-state index in [1.165, 1.54) is 0 Å². The Morgan fingerprint density at radius 3 is 1.95 bits per heavy atom. The smallest absolute Gasteiger partial charge is 0.200 e. The second-order valence-corrected chi connectivity index (χ2v) is 10.8. The fourth-order valence-electron chi connectivity index (χ4n) is 6.16. The molecule has 0 aliphatic carbocycles. The van der Waals surface area contributed by atoms with E-state index < -0.39 is 0 Å². The largest absolute Gasteiger partial charge is 0.456 e. The normalized spacial score (nSPS) is 12.5. The fraction of sp³-hybridized carbons (Fsp3) is 0. The van der Waals surface area contributed by atoms with Crippen LogP contribution in [0.15, 0.2) is 131 Å². The van der Waals surface area contributed by atoms with E-state index in [1.807, 2.05) is 72.8 Å². The number of anilines is 3. The van der Waals surface area contributed by atoms with Gasteiger partial charge in [-0.15, -0.1) is 0 Å². The molecule has 2 aliphatic heterocycles. The zero-order valence-electron chi connectivity index (χ0n) is 23.1. The number of hydrogen-bond donors (Lipinski definition) is 0. The van der Waals surface area contributed by atoms with Crippen molar-refractivity contribution in [1.82, 2.24) is 0 Å². The Bertz CT molecular complexity index is 2440. The molecule has 3 heterocycles. The maximum Gasteiger partial charge on any atom is 0.200 e. The lowest BCUT2D eigenvalue weighted by Crippen LogP contribution is -2.20. The number of ether oxygens (including phenoxy) is 2. The summed E-state index contributed by atoms with van der Waals surface area (Å²) in [7, 11) is 0. The number of nitriles is 1. The van der Waals surface area contributed by atoms with Crippen LogP contribution < -0.4 is 19.8 Å². The van der Waals surface area contributed by atoms with Crippen molar-refractivity contribution in [2.24, 2.45) is 0 Å². The van der Waals surface area contributed by atoms with Crippen LogP contribution in [0, 0.1) is 11.3 Å². The van der Waals surface area contributed by atoms with Crippen LogP contribution in [0.5, 0.6) is 23.0 Å². The molecule has 0 spiro atoms. The van der Waals surface area contributed by atoms with E-state index in [0.29, 0.717) is 27.5 Å². The van der Waals surface area contributed by atoms with E-state index in [-0.39, 0.29) is 5.43 Å². The van der Waals surface area contributed by atoms with Crippen molar-refractivity contribution in [2.75, 3.05) is 4.90 Å². The van der Waals surface area contributed by atoms with Crippen LogP contribution >= 0.6 is 0 Å². The van der Waals surface area contributed by atoms with Gasteiger partial charge in [0.25, 0.3) is 0 Å². The van der Waals surface area contributed by atoms with Gasteiger partial charge in [0.15, 0.2) is 23.0 Å². The molecule has 0 radical (unpaired) electrons. The number of nitrogens with zero attached hydrogens (tertiary/aromatic N) is 2. The van der Waals surface area contributed by atoms with E-state index in [1.54, 1.807) is 18.2 Å². The van der Waals surface area contributed by atoms with E-state index in [0.717, 1.165) is 62.3 Å². The van der Waals surface area contributed by atoms with Gasteiger partial charge in [0, 0.05) is 0 Å². The molecule has 0 saturated carbocycles. The summed E-state index contributed by atoms with van der Waals surface area (Å²) >= 11 is 0. The lowest BCUT2D eigenvalue weighted by Gasteiger charge is -2.37. The Labute approximate surface area is 251 Å². The first-order chi connectivity index (χ1) is 21.6. The minimum absolute atomic E-state index is 0.156. The maximum absolute atomic E-state index is 13.4. The van der Waals surface area contributed by atoms with Crippen LogP contribution in [0.25, 0.3) is 44.2 Å². The Morgan fingerprint density at radius 1 is 0.545 bits per heavy atom. The summed E-state index contributed by atoms with van der Waals surface area (Å²) in [5.41, 5.74) is 7.90. The zero-order chi connectivity index (χ0) is 29.4. The number of para-hydroxylation sites is 3. The number of benzene rings is 6. The maximum atomic E-state index is 13.4. The third-order valence-corrected chi connectivity index (χ3v) is 8.26. The van der Waals surface area contributed by atoms with Crippen molar-refractivity contribution in [3.63, 3.8) is 0 Å². The summed E-state index contributed by atoms with van der Waals surface area (Å²) in [4.78, 5) is 15.6. The molecule has 6 heteroatoms. The van der Waals surface area contributed by atoms with Crippen molar-refractivity contribution in [2.45, 2.75) is 0 Å². The van der Waals surface area contributed by atoms with Crippen molar-refractivity contribution < 1.29 is 13.9 Å². The van der Waals surface area contributed by atoms with Crippen LogP contribution in [-0.2, 0) is 0 Å². The van der Waals surface area contributed by atoms with Crippen LogP contribution in [0.4, 0.5) is 17.1 Å². The predicted octanol–water partition coefficient (Wildman–Crippen LogP) is 9.83. The van der Waals surface area contributed by atoms with Gasteiger partial charge in [-0.3, -0.25) is 9.69 Å². The summed E-state index contributed by atoms with van der Waals surface area (Å²) in [5.74, 6) is 3.04. The quantitative estimate of drug-likeness (QED) is 0.193. The summed E-state index contributed by atoms with van der Waals surface area (Å²) < 4.78 is 18.6. The monoisotopic (exact) mass is 568 g/mol. The van der Waals surface area contributed by atoms with Gasteiger partial charge in [-0.25, -0.2) is 0 Å². The number of fused-ring (bicyclic) bond motifs is 6. The lowest BCUT2D eigenvalue weighted by molar-refractivity contribution is 0.446. The molecular formula is C38H20N2O4. The molecule has 2 aliphatic rings. The Kier molecular flexibility index (Phi) is 5.02. The van der Waals surface area contributed by atoms with Crippen LogP contribution in [-0.4, -0.2) is 0 Å². The second kappa shape index (κ2) is 9.09. The van der Waals surface area contributed by atoms with E-state index in [4.69, 9.17) is 13.9 Å². The molecule has 0 N–H and O–H groups in total. The van der Waals surface area contributed by atoms with E-state index in [9.17, 15) is 10.1 Å². The molecule has 6 aromatic carbocycles. The highest BCUT2D eigenvalue weighted by molar-refractivity contribution is 5.95. The Hall–Kier alpha value is -6.32. The van der Waals surface area contributed by atoms with Gasteiger partial charge in [-0.1, -0.05) is 48.5 Å². The van der Waals surface area contributed by atoms with Crippen LogP contribution in [0.3, 0.4) is 0 Å². The van der Waals surface area contributed by atoms with E-state index in [2.05, 4.69) is 41.3 Å². The predicted molar refractivity (Wildman–Crippen MR) is 170 cm³/mol. The average molecular weight is 569 g/mol. The van der Waals surface area contributed by atoms with Gasteiger partial charge >= 0.3 is 0 Å². The minimum Gasteiger partial charge on any atom is -0.456 e. The number of hydrogen-bond acceptors (Lipinski definition) is 6. The number of rotatable bonds is 2.